The van der Waals surface area contributed by atoms with Gasteiger partial charge in [-0.1, -0.05) is 25.1 Å². The van der Waals surface area contributed by atoms with E-state index in [4.69, 9.17) is 4.74 Å². The molecule has 2 aliphatic heterocycles. The number of anilines is 1. The Morgan fingerprint density at radius 3 is 2.44 bits per heavy atom. The maximum Gasteiger partial charge on any atom is 0.227 e. The zero-order valence-corrected chi connectivity index (χ0v) is 23.7. The molecule has 8 heteroatoms. The number of nitrogens with one attached hydrogen (secondary N) is 2. The second-order valence-corrected chi connectivity index (χ2v) is 11.4. The van der Waals surface area contributed by atoms with Crippen molar-refractivity contribution in [3.8, 4) is 11.5 Å². The lowest BCUT2D eigenvalue weighted by atomic mass is 9.85. The number of benzene rings is 3. The van der Waals surface area contributed by atoms with Crippen LogP contribution in [0.2, 0.25) is 0 Å². The molecule has 2 fully saturated rings. The molecule has 0 aliphatic carbocycles. The average molecular weight is 566 g/mol. The smallest absolute Gasteiger partial charge is 0.227 e. The summed E-state index contributed by atoms with van der Waals surface area (Å²) in [4.78, 5) is 15.4. The molecule has 218 valence electrons. The van der Waals surface area contributed by atoms with E-state index in [0.29, 0.717) is 29.7 Å². The first-order chi connectivity index (χ1) is 19.8. The molecule has 0 bridgehead atoms. The van der Waals surface area contributed by atoms with Gasteiger partial charge in [0.15, 0.2) is 23.2 Å². The molecule has 2 N–H and O–H groups in total. The molecule has 0 saturated carbocycles. The summed E-state index contributed by atoms with van der Waals surface area (Å²) in [6.45, 7) is 8.79. The van der Waals surface area contributed by atoms with E-state index < -0.39 is 17.5 Å². The number of rotatable bonds is 8. The fourth-order valence-electron chi connectivity index (χ4n) is 5.97. The van der Waals surface area contributed by atoms with Gasteiger partial charge in [-0.3, -0.25) is 9.69 Å². The SMILES string of the molecule is Cc1ccc(NC(=O)C(C)C2CCCNC2)cc1C1CCN(Cc2ccc(Oc3cc(F)c(F)cc3F)cc2)CC1. The van der Waals surface area contributed by atoms with Crippen molar-refractivity contribution in [3.05, 3.63) is 88.7 Å². The molecule has 0 radical (unpaired) electrons. The van der Waals surface area contributed by atoms with Gasteiger partial charge < -0.3 is 15.4 Å². The Balaban J connectivity index is 1.14. The summed E-state index contributed by atoms with van der Waals surface area (Å²) in [7, 11) is 0. The second-order valence-electron chi connectivity index (χ2n) is 11.4. The highest BCUT2D eigenvalue weighted by Gasteiger charge is 2.26. The van der Waals surface area contributed by atoms with E-state index in [-0.39, 0.29) is 17.6 Å². The zero-order chi connectivity index (χ0) is 28.9. The minimum Gasteiger partial charge on any atom is -0.454 e. The second kappa shape index (κ2) is 13.1. The number of hydrogen-bond donors (Lipinski definition) is 2. The van der Waals surface area contributed by atoms with Crippen molar-refractivity contribution in [2.75, 3.05) is 31.5 Å². The van der Waals surface area contributed by atoms with E-state index in [1.54, 1.807) is 12.1 Å². The molecule has 2 unspecified atom stereocenters. The molecule has 2 atom stereocenters. The Morgan fingerprint density at radius 2 is 1.73 bits per heavy atom. The van der Waals surface area contributed by atoms with E-state index in [1.807, 2.05) is 25.1 Å². The van der Waals surface area contributed by atoms with Gasteiger partial charge in [-0.05, 0) is 112 Å². The molecular weight excluding hydrogens is 527 g/mol. The van der Waals surface area contributed by atoms with Crippen molar-refractivity contribution >= 4 is 11.6 Å². The summed E-state index contributed by atoms with van der Waals surface area (Å²) >= 11 is 0. The highest BCUT2D eigenvalue weighted by molar-refractivity contribution is 5.92. The fraction of sp³-hybridized carbons (Fsp3) is 0.424. The third kappa shape index (κ3) is 7.29. The van der Waals surface area contributed by atoms with Crippen LogP contribution in [-0.2, 0) is 11.3 Å². The minimum atomic E-state index is -1.25. The molecule has 2 saturated heterocycles. The topological polar surface area (TPSA) is 53.6 Å². The fourth-order valence-corrected chi connectivity index (χ4v) is 5.97. The number of aryl methyl sites for hydroxylation is 1. The van der Waals surface area contributed by atoms with Gasteiger partial charge in [0.2, 0.25) is 5.91 Å². The van der Waals surface area contributed by atoms with Gasteiger partial charge in [0, 0.05) is 30.3 Å². The van der Waals surface area contributed by atoms with Crippen LogP contribution < -0.4 is 15.4 Å². The van der Waals surface area contributed by atoms with E-state index in [0.717, 1.165) is 69.7 Å². The van der Waals surface area contributed by atoms with Crippen LogP contribution in [0, 0.1) is 36.2 Å². The van der Waals surface area contributed by atoms with Crippen LogP contribution in [0.25, 0.3) is 0 Å². The third-order valence-corrected chi connectivity index (χ3v) is 8.56. The van der Waals surface area contributed by atoms with Crippen molar-refractivity contribution in [3.63, 3.8) is 0 Å². The Labute approximate surface area is 240 Å². The first-order valence-corrected chi connectivity index (χ1v) is 14.5. The van der Waals surface area contributed by atoms with Crippen molar-refractivity contribution in [1.29, 1.82) is 0 Å². The predicted molar refractivity (Wildman–Crippen MR) is 155 cm³/mol. The van der Waals surface area contributed by atoms with Gasteiger partial charge in [-0.25, -0.2) is 13.2 Å². The van der Waals surface area contributed by atoms with Gasteiger partial charge in [-0.15, -0.1) is 0 Å². The Morgan fingerprint density at radius 1 is 1.00 bits per heavy atom. The lowest BCUT2D eigenvalue weighted by Crippen LogP contribution is -2.37. The summed E-state index contributed by atoms with van der Waals surface area (Å²) in [6.07, 6.45) is 4.27. The number of hydrogen-bond acceptors (Lipinski definition) is 4. The number of ether oxygens (including phenoxy) is 1. The quantitative estimate of drug-likeness (QED) is 0.285. The summed E-state index contributed by atoms with van der Waals surface area (Å²) in [6, 6.07) is 14.7. The van der Waals surface area contributed by atoms with Crippen LogP contribution in [0.3, 0.4) is 0 Å². The highest BCUT2D eigenvalue weighted by atomic mass is 19.2. The number of nitrogens with zero attached hydrogens (tertiary/aromatic N) is 1. The first kappa shape index (κ1) is 29.1. The predicted octanol–water partition coefficient (Wildman–Crippen LogP) is 7.16. The summed E-state index contributed by atoms with van der Waals surface area (Å²) in [5.41, 5.74) is 4.52. The molecule has 3 aromatic carbocycles. The highest BCUT2D eigenvalue weighted by Crippen LogP contribution is 2.33. The van der Waals surface area contributed by atoms with E-state index in [2.05, 4.69) is 34.6 Å². The van der Waals surface area contributed by atoms with Crippen LogP contribution in [0.5, 0.6) is 11.5 Å². The van der Waals surface area contributed by atoms with Crippen molar-refractivity contribution < 1.29 is 22.7 Å². The number of halogens is 3. The summed E-state index contributed by atoms with van der Waals surface area (Å²) < 4.78 is 46.0. The van der Waals surface area contributed by atoms with Crippen LogP contribution >= 0.6 is 0 Å². The lowest BCUT2D eigenvalue weighted by molar-refractivity contribution is -0.121. The van der Waals surface area contributed by atoms with Gasteiger partial charge in [-0.2, -0.15) is 0 Å². The molecule has 2 heterocycles. The molecule has 3 aromatic rings. The Bertz CT molecular complexity index is 1350. The van der Waals surface area contributed by atoms with Gasteiger partial charge in [0.1, 0.15) is 5.75 Å². The van der Waals surface area contributed by atoms with Gasteiger partial charge in [0.05, 0.1) is 0 Å². The molecule has 1 amide bonds. The van der Waals surface area contributed by atoms with Crippen molar-refractivity contribution in [2.45, 2.75) is 52.0 Å². The molecule has 0 aromatic heterocycles. The van der Waals surface area contributed by atoms with E-state index in [9.17, 15) is 18.0 Å². The maximum atomic E-state index is 13.9. The Hall–Kier alpha value is -3.36. The molecule has 41 heavy (non-hydrogen) atoms. The normalized spacial score (nSPS) is 19.1. The van der Waals surface area contributed by atoms with Crippen LogP contribution in [0.15, 0.2) is 54.6 Å². The Kier molecular flexibility index (Phi) is 9.30. The first-order valence-electron chi connectivity index (χ1n) is 14.5. The molecule has 5 rings (SSSR count). The lowest BCUT2D eigenvalue weighted by Gasteiger charge is -2.33. The molecular formula is C33H38F3N3O2. The van der Waals surface area contributed by atoms with Crippen LogP contribution in [-0.4, -0.2) is 37.0 Å². The van der Waals surface area contributed by atoms with E-state index in [1.165, 1.54) is 11.1 Å². The van der Waals surface area contributed by atoms with Crippen LogP contribution in [0.4, 0.5) is 18.9 Å². The standard InChI is InChI=1S/C33H38F3N3O2/c1-21-5-8-26(38-33(40)22(2)25-4-3-13-37-19-25)16-28(21)24-11-14-39(15-12-24)20-23-6-9-27(10-7-23)41-32-18-30(35)29(34)17-31(32)36/h5-10,16-18,22,24-25,37H,3-4,11-15,19-20H2,1-2H3,(H,38,40). The molecule has 2 aliphatic rings. The van der Waals surface area contributed by atoms with Gasteiger partial charge in [0.25, 0.3) is 0 Å². The number of piperidine rings is 2. The number of carbonyl (C=O) groups excluding carboxylic acids is 1. The monoisotopic (exact) mass is 565 g/mol. The van der Waals surface area contributed by atoms with Crippen molar-refractivity contribution in [1.82, 2.24) is 10.2 Å². The number of carbonyl (C=O) groups is 1. The maximum absolute atomic E-state index is 13.9. The van der Waals surface area contributed by atoms with Gasteiger partial charge >= 0.3 is 0 Å². The van der Waals surface area contributed by atoms with Crippen LogP contribution in [0.1, 0.15) is 55.2 Å². The zero-order valence-electron chi connectivity index (χ0n) is 23.7. The average Bonchev–Trinajstić information content (AvgIpc) is 2.98. The summed E-state index contributed by atoms with van der Waals surface area (Å²) in [5.74, 6) is -2.48. The van der Waals surface area contributed by atoms with Crippen molar-refractivity contribution in [2.24, 2.45) is 11.8 Å². The molecule has 5 nitrogen and oxygen atoms in total. The number of likely N-dealkylation sites (tertiary alicyclic amines) is 1. The minimum absolute atomic E-state index is 0.0245. The molecule has 0 spiro atoms. The largest absolute Gasteiger partial charge is 0.454 e. The third-order valence-electron chi connectivity index (χ3n) is 8.56. The number of amides is 1. The van der Waals surface area contributed by atoms with E-state index >= 15 is 0 Å². The summed E-state index contributed by atoms with van der Waals surface area (Å²) in [5, 5.41) is 6.58.